The largest absolute Gasteiger partial charge is 0.497 e. The van der Waals surface area contributed by atoms with Gasteiger partial charge < -0.3 is 14.4 Å². The first-order chi connectivity index (χ1) is 13.7. The smallest absolute Gasteiger partial charge is 0.119 e. The number of methoxy groups -OCH3 is 1. The van der Waals surface area contributed by atoms with Crippen LogP contribution in [-0.2, 0) is 10.6 Å². The number of ether oxygens (including phenoxy) is 2. The number of aromatic nitrogens is 1. The third-order valence-corrected chi connectivity index (χ3v) is 7.39. The zero-order valence-corrected chi connectivity index (χ0v) is 18.8. The van der Waals surface area contributed by atoms with Crippen molar-refractivity contribution in [2.75, 3.05) is 42.5 Å². The zero-order valence-electron chi connectivity index (χ0n) is 16.4. The molecule has 4 nitrogen and oxygen atoms in total. The summed E-state index contributed by atoms with van der Waals surface area (Å²) in [4.78, 5) is 7.90. The molecule has 0 aliphatic carbocycles. The Kier molecular flexibility index (Phi) is 8.65. The molecule has 2 aromatic rings. The van der Waals surface area contributed by atoms with E-state index in [1.165, 1.54) is 22.6 Å². The molecule has 7 heteroatoms. The van der Waals surface area contributed by atoms with E-state index >= 15 is 0 Å². The molecule has 152 valence electrons. The van der Waals surface area contributed by atoms with Crippen LogP contribution in [0.15, 0.2) is 41.4 Å². The molecule has 1 unspecified atom stereocenters. The number of benzene rings is 1. The topological polar surface area (TPSA) is 34.6 Å². The number of halogens is 1. The van der Waals surface area contributed by atoms with Crippen LogP contribution in [0.3, 0.4) is 0 Å². The maximum absolute atomic E-state index is 5.94. The Morgan fingerprint density at radius 2 is 2.07 bits per heavy atom. The monoisotopic (exact) mass is 438 g/mol. The Morgan fingerprint density at radius 1 is 1.25 bits per heavy atom. The predicted molar refractivity (Wildman–Crippen MR) is 121 cm³/mol. The van der Waals surface area contributed by atoms with E-state index in [0.29, 0.717) is 18.7 Å². The average molecular weight is 439 g/mol. The molecular formula is C21H27ClN2O2S2. The second kappa shape index (κ2) is 11.2. The molecule has 1 aliphatic heterocycles. The third kappa shape index (κ3) is 5.96. The lowest BCUT2D eigenvalue weighted by Gasteiger charge is -2.16. The van der Waals surface area contributed by atoms with Gasteiger partial charge >= 0.3 is 0 Å². The van der Waals surface area contributed by atoms with Gasteiger partial charge in [-0.05, 0) is 60.7 Å². The van der Waals surface area contributed by atoms with Gasteiger partial charge in [-0.3, -0.25) is 4.98 Å². The van der Waals surface area contributed by atoms with Crippen LogP contribution in [0, 0.1) is 6.92 Å². The van der Waals surface area contributed by atoms with E-state index in [0.717, 1.165) is 35.2 Å². The number of anilines is 1. The highest BCUT2D eigenvalue weighted by molar-refractivity contribution is 8.00. The second-order valence-corrected chi connectivity index (χ2v) is 9.18. The van der Waals surface area contributed by atoms with Crippen molar-refractivity contribution >= 4 is 40.8 Å². The summed E-state index contributed by atoms with van der Waals surface area (Å²) >= 11 is 9.82. The fourth-order valence-corrected chi connectivity index (χ4v) is 5.46. The number of pyridine rings is 1. The molecule has 1 aromatic carbocycles. The van der Waals surface area contributed by atoms with Gasteiger partial charge in [0.1, 0.15) is 12.5 Å². The van der Waals surface area contributed by atoms with Crippen molar-refractivity contribution in [3.05, 3.63) is 47.8 Å². The van der Waals surface area contributed by atoms with Crippen LogP contribution in [0.1, 0.15) is 17.7 Å². The number of thioether (sulfide) groups is 2. The van der Waals surface area contributed by atoms with Crippen LogP contribution in [0.5, 0.6) is 5.75 Å². The highest BCUT2D eigenvalue weighted by Gasteiger charge is 2.23. The molecule has 2 heterocycles. The first kappa shape index (κ1) is 21.6. The Morgan fingerprint density at radius 3 is 2.82 bits per heavy atom. The lowest BCUT2D eigenvalue weighted by molar-refractivity contribution is 0.134. The van der Waals surface area contributed by atoms with Gasteiger partial charge in [-0.15, -0.1) is 23.4 Å². The maximum Gasteiger partial charge on any atom is 0.119 e. The molecule has 0 bridgehead atoms. The minimum absolute atomic E-state index is 0.300. The summed E-state index contributed by atoms with van der Waals surface area (Å²) in [6.07, 6.45) is 3.34. The Balaban J connectivity index is 1.32. The van der Waals surface area contributed by atoms with Crippen molar-refractivity contribution in [3.8, 4) is 5.75 Å². The number of rotatable bonds is 10. The Labute approximate surface area is 181 Å². The van der Waals surface area contributed by atoms with Crippen molar-refractivity contribution in [2.24, 2.45) is 0 Å². The minimum atomic E-state index is 0.300. The number of hydrogen-bond donors (Lipinski definition) is 0. The normalized spacial score (nSPS) is 16.5. The van der Waals surface area contributed by atoms with E-state index in [-0.39, 0.29) is 0 Å². The molecular weight excluding hydrogens is 412 g/mol. The molecule has 0 radical (unpaired) electrons. The molecule has 1 fully saturated rings. The van der Waals surface area contributed by atoms with Crippen LogP contribution < -0.4 is 9.64 Å². The lowest BCUT2D eigenvalue weighted by Crippen LogP contribution is -2.22. The van der Waals surface area contributed by atoms with Crippen LogP contribution in [0.4, 0.5) is 5.69 Å². The first-order valence-electron chi connectivity index (χ1n) is 9.43. The summed E-state index contributed by atoms with van der Waals surface area (Å²) in [5.41, 5.74) is 3.39. The summed E-state index contributed by atoms with van der Waals surface area (Å²) in [7, 11) is 1.69. The zero-order chi connectivity index (χ0) is 19.8. The molecule has 3 rings (SSSR count). The molecule has 1 aromatic heterocycles. The molecule has 0 spiro atoms. The van der Waals surface area contributed by atoms with Crippen LogP contribution >= 0.6 is 35.1 Å². The Bertz CT molecular complexity index is 746. The molecule has 0 saturated carbocycles. The highest BCUT2D eigenvalue weighted by Crippen LogP contribution is 2.26. The molecule has 28 heavy (non-hydrogen) atoms. The SMILES string of the molecule is COc1ccc(N2COC(CSCCCSc3ccnc(CCl)c3C)C2)cc1. The van der Waals surface area contributed by atoms with Crippen molar-refractivity contribution in [3.63, 3.8) is 0 Å². The van der Waals surface area contributed by atoms with E-state index in [2.05, 4.69) is 35.0 Å². The van der Waals surface area contributed by atoms with Crippen molar-refractivity contribution in [2.45, 2.75) is 30.2 Å². The Hall–Kier alpha value is -1.08. The van der Waals surface area contributed by atoms with Gasteiger partial charge in [0.2, 0.25) is 0 Å². The second-order valence-electron chi connectivity index (χ2n) is 6.63. The minimum Gasteiger partial charge on any atom is -0.497 e. The van der Waals surface area contributed by atoms with E-state index in [4.69, 9.17) is 21.1 Å². The summed E-state index contributed by atoms with van der Waals surface area (Å²) in [5.74, 6) is 4.67. The van der Waals surface area contributed by atoms with Gasteiger partial charge in [0.25, 0.3) is 0 Å². The standard InChI is InChI=1S/C21H27ClN2O2S2/c1-16-20(12-22)23-9-8-21(16)28-11-3-10-27-14-19-13-24(15-26-19)17-4-6-18(25-2)7-5-17/h4-9,19H,3,10-15H2,1-2H3. The number of nitrogens with zero attached hydrogens (tertiary/aromatic N) is 2. The van der Waals surface area contributed by atoms with Gasteiger partial charge in [0.15, 0.2) is 0 Å². The van der Waals surface area contributed by atoms with E-state index in [1.807, 2.05) is 41.9 Å². The first-order valence-corrected chi connectivity index (χ1v) is 12.1. The van der Waals surface area contributed by atoms with Crippen molar-refractivity contribution < 1.29 is 9.47 Å². The maximum atomic E-state index is 5.94. The summed E-state index contributed by atoms with van der Waals surface area (Å²) in [6, 6.07) is 10.3. The summed E-state index contributed by atoms with van der Waals surface area (Å²) in [6.45, 7) is 3.72. The van der Waals surface area contributed by atoms with Gasteiger partial charge in [-0.25, -0.2) is 0 Å². The molecule has 0 amide bonds. The molecule has 0 N–H and O–H groups in total. The van der Waals surface area contributed by atoms with Gasteiger partial charge in [0.05, 0.1) is 24.8 Å². The van der Waals surface area contributed by atoms with Crippen molar-refractivity contribution in [1.82, 2.24) is 4.98 Å². The van der Waals surface area contributed by atoms with E-state index in [1.54, 1.807) is 7.11 Å². The fourth-order valence-electron chi connectivity index (χ4n) is 3.03. The quantitative estimate of drug-likeness (QED) is 0.287. The van der Waals surface area contributed by atoms with Gasteiger partial charge in [-0.2, -0.15) is 11.8 Å². The van der Waals surface area contributed by atoms with Crippen LogP contribution in [0.2, 0.25) is 0 Å². The summed E-state index contributed by atoms with van der Waals surface area (Å²) in [5, 5.41) is 0. The molecule has 1 atom stereocenters. The fraction of sp³-hybridized carbons (Fsp3) is 0.476. The number of hydrogen-bond acceptors (Lipinski definition) is 6. The van der Waals surface area contributed by atoms with Gasteiger partial charge in [0, 0.05) is 29.1 Å². The third-order valence-electron chi connectivity index (χ3n) is 4.71. The highest BCUT2D eigenvalue weighted by atomic mass is 35.5. The number of alkyl halides is 1. The van der Waals surface area contributed by atoms with Crippen LogP contribution in [0.25, 0.3) is 0 Å². The van der Waals surface area contributed by atoms with E-state index in [9.17, 15) is 0 Å². The molecule has 1 saturated heterocycles. The van der Waals surface area contributed by atoms with Crippen LogP contribution in [-0.4, -0.2) is 48.7 Å². The lowest BCUT2D eigenvalue weighted by atomic mass is 10.2. The van der Waals surface area contributed by atoms with Gasteiger partial charge in [-0.1, -0.05) is 0 Å². The summed E-state index contributed by atoms with van der Waals surface area (Å²) < 4.78 is 11.2. The van der Waals surface area contributed by atoms with E-state index < -0.39 is 0 Å². The van der Waals surface area contributed by atoms with Crippen molar-refractivity contribution in [1.29, 1.82) is 0 Å². The molecule has 1 aliphatic rings. The predicted octanol–water partition coefficient (Wildman–Crippen LogP) is 5.22. The average Bonchev–Trinajstić information content (AvgIpc) is 3.20.